The van der Waals surface area contributed by atoms with Crippen LogP contribution in [-0.2, 0) is 19.0 Å². The van der Waals surface area contributed by atoms with Crippen LogP contribution in [0.5, 0.6) is 0 Å². The van der Waals surface area contributed by atoms with Crippen molar-refractivity contribution in [3.63, 3.8) is 0 Å². The summed E-state index contributed by atoms with van der Waals surface area (Å²) in [5.74, 6) is -0.885. The maximum atomic E-state index is 10.9. The molecule has 18 heavy (non-hydrogen) atoms. The van der Waals surface area contributed by atoms with Crippen molar-refractivity contribution in [2.24, 2.45) is 0 Å². The smallest absolute Gasteiger partial charge is 0.323 e. The highest BCUT2D eigenvalue weighted by Crippen LogP contribution is 1.89. The summed E-state index contributed by atoms with van der Waals surface area (Å²) < 4.78 is 15.4. The molecule has 0 heterocycles. The average molecular weight is 263 g/mol. The Morgan fingerprint density at radius 2 is 1.94 bits per heavy atom. The van der Waals surface area contributed by atoms with Crippen LogP contribution in [0.15, 0.2) is 0 Å². The average Bonchev–Trinajstić information content (AvgIpc) is 2.35. The van der Waals surface area contributed by atoms with Gasteiger partial charge in [0.25, 0.3) is 0 Å². The molecule has 2 N–H and O–H groups in total. The second-order valence-electron chi connectivity index (χ2n) is 3.88. The van der Waals surface area contributed by atoms with E-state index < -0.39 is 12.0 Å². The van der Waals surface area contributed by atoms with E-state index in [9.17, 15) is 4.79 Å². The molecule has 6 nitrogen and oxygen atoms in total. The Labute approximate surface area is 109 Å². The first-order valence-corrected chi connectivity index (χ1v) is 6.33. The van der Waals surface area contributed by atoms with Crippen molar-refractivity contribution in [3.8, 4) is 0 Å². The fourth-order valence-corrected chi connectivity index (χ4v) is 1.26. The molecule has 0 aliphatic heterocycles. The van der Waals surface area contributed by atoms with Gasteiger partial charge in [0.15, 0.2) is 0 Å². The SMILES string of the molecule is CCCNC(COCCOCCCOC)C(=O)O. The summed E-state index contributed by atoms with van der Waals surface area (Å²) in [6.45, 7) is 5.02. The lowest BCUT2D eigenvalue weighted by Gasteiger charge is -2.14. The van der Waals surface area contributed by atoms with E-state index >= 15 is 0 Å². The van der Waals surface area contributed by atoms with Crippen LogP contribution in [0.4, 0.5) is 0 Å². The van der Waals surface area contributed by atoms with E-state index in [1.54, 1.807) is 7.11 Å². The van der Waals surface area contributed by atoms with Crippen molar-refractivity contribution >= 4 is 5.97 Å². The minimum atomic E-state index is -0.885. The number of rotatable bonds is 13. The van der Waals surface area contributed by atoms with Crippen molar-refractivity contribution < 1.29 is 24.1 Å². The van der Waals surface area contributed by atoms with Gasteiger partial charge >= 0.3 is 5.97 Å². The molecule has 0 radical (unpaired) electrons. The molecule has 0 fully saturated rings. The number of nitrogens with one attached hydrogen (secondary N) is 1. The second-order valence-corrected chi connectivity index (χ2v) is 3.88. The fraction of sp³-hybridized carbons (Fsp3) is 0.917. The van der Waals surface area contributed by atoms with E-state index in [1.165, 1.54) is 0 Å². The van der Waals surface area contributed by atoms with E-state index in [2.05, 4.69) is 5.32 Å². The zero-order chi connectivity index (χ0) is 13.6. The van der Waals surface area contributed by atoms with Gasteiger partial charge in [-0.15, -0.1) is 0 Å². The van der Waals surface area contributed by atoms with E-state index in [-0.39, 0.29) is 6.61 Å². The largest absolute Gasteiger partial charge is 0.480 e. The third kappa shape index (κ3) is 10.5. The van der Waals surface area contributed by atoms with Gasteiger partial charge in [-0.2, -0.15) is 0 Å². The minimum Gasteiger partial charge on any atom is -0.480 e. The summed E-state index contributed by atoms with van der Waals surface area (Å²) in [5.41, 5.74) is 0. The van der Waals surface area contributed by atoms with Gasteiger partial charge in [0.05, 0.1) is 19.8 Å². The van der Waals surface area contributed by atoms with Crippen molar-refractivity contribution in [3.05, 3.63) is 0 Å². The second kappa shape index (κ2) is 12.8. The van der Waals surface area contributed by atoms with E-state index in [4.69, 9.17) is 19.3 Å². The van der Waals surface area contributed by atoms with Gasteiger partial charge in [-0.25, -0.2) is 0 Å². The molecule has 0 amide bonds. The molecule has 0 aliphatic rings. The maximum absolute atomic E-state index is 10.9. The van der Waals surface area contributed by atoms with Crippen molar-refractivity contribution in [1.29, 1.82) is 0 Å². The van der Waals surface area contributed by atoms with Gasteiger partial charge in [-0.1, -0.05) is 6.92 Å². The normalized spacial score (nSPS) is 12.6. The highest BCUT2D eigenvalue weighted by atomic mass is 16.5. The molecule has 1 unspecified atom stereocenters. The number of carbonyl (C=O) groups is 1. The summed E-state index contributed by atoms with van der Waals surface area (Å²) in [7, 11) is 1.65. The number of hydrogen-bond donors (Lipinski definition) is 2. The van der Waals surface area contributed by atoms with Gasteiger partial charge in [0, 0.05) is 20.3 Å². The summed E-state index contributed by atoms with van der Waals surface area (Å²) in [4.78, 5) is 10.9. The van der Waals surface area contributed by atoms with Crippen LogP contribution in [0, 0.1) is 0 Å². The predicted molar refractivity (Wildman–Crippen MR) is 67.8 cm³/mol. The van der Waals surface area contributed by atoms with Gasteiger partial charge < -0.3 is 24.6 Å². The molecule has 6 heteroatoms. The lowest BCUT2D eigenvalue weighted by molar-refractivity contribution is -0.141. The van der Waals surface area contributed by atoms with Crippen molar-refractivity contribution in [1.82, 2.24) is 5.32 Å². The predicted octanol–water partition coefficient (Wildman–Crippen LogP) is 0.509. The van der Waals surface area contributed by atoms with Crippen LogP contribution in [0.25, 0.3) is 0 Å². The topological polar surface area (TPSA) is 77.0 Å². The molecule has 0 aromatic rings. The third-order valence-corrected chi connectivity index (χ3v) is 2.23. The van der Waals surface area contributed by atoms with E-state index in [1.807, 2.05) is 6.92 Å². The standard InChI is InChI=1S/C12H25NO5/c1-3-5-13-11(12(14)15)10-18-9-8-17-7-4-6-16-2/h11,13H,3-10H2,1-2H3,(H,14,15). The summed E-state index contributed by atoms with van der Waals surface area (Å²) in [6, 6.07) is -0.640. The molecule has 0 saturated heterocycles. The lowest BCUT2D eigenvalue weighted by Crippen LogP contribution is -2.41. The van der Waals surface area contributed by atoms with Crippen LogP contribution in [0.1, 0.15) is 19.8 Å². The third-order valence-electron chi connectivity index (χ3n) is 2.23. The van der Waals surface area contributed by atoms with Gasteiger partial charge in [0.1, 0.15) is 6.04 Å². The molecule has 0 aliphatic carbocycles. The lowest BCUT2D eigenvalue weighted by atomic mass is 10.3. The first kappa shape index (κ1) is 17.3. The Morgan fingerprint density at radius 3 is 2.56 bits per heavy atom. The zero-order valence-electron chi connectivity index (χ0n) is 11.3. The first-order valence-electron chi connectivity index (χ1n) is 6.33. The molecular weight excluding hydrogens is 238 g/mol. The minimum absolute atomic E-state index is 0.163. The van der Waals surface area contributed by atoms with Crippen LogP contribution >= 0.6 is 0 Å². The number of hydrogen-bond acceptors (Lipinski definition) is 5. The quantitative estimate of drug-likeness (QED) is 0.471. The van der Waals surface area contributed by atoms with Crippen LogP contribution in [0.3, 0.4) is 0 Å². The fourth-order valence-electron chi connectivity index (χ4n) is 1.26. The molecule has 0 spiro atoms. The number of aliphatic carboxylic acids is 1. The zero-order valence-corrected chi connectivity index (χ0v) is 11.3. The Bertz CT molecular complexity index is 201. The molecule has 0 aromatic carbocycles. The van der Waals surface area contributed by atoms with E-state index in [0.29, 0.717) is 33.0 Å². The van der Waals surface area contributed by atoms with Gasteiger partial charge in [-0.05, 0) is 19.4 Å². The maximum Gasteiger partial charge on any atom is 0.323 e. The van der Waals surface area contributed by atoms with Crippen molar-refractivity contribution in [2.75, 3.05) is 46.7 Å². The Hall–Kier alpha value is -0.690. The Morgan fingerprint density at radius 1 is 1.22 bits per heavy atom. The molecular formula is C12H25NO5. The molecule has 0 rings (SSSR count). The Balaban J connectivity index is 3.40. The number of methoxy groups -OCH3 is 1. The first-order chi connectivity index (χ1) is 8.72. The summed E-state index contributed by atoms with van der Waals surface area (Å²) >= 11 is 0. The van der Waals surface area contributed by atoms with Crippen LogP contribution < -0.4 is 5.32 Å². The number of carboxylic acid groups (broad SMARTS) is 1. The number of carboxylic acids is 1. The highest BCUT2D eigenvalue weighted by Gasteiger charge is 2.15. The molecule has 108 valence electrons. The Kier molecular flexibility index (Phi) is 12.3. The van der Waals surface area contributed by atoms with Gasteiger partial charge in [-0.3, -0.25) is 4.79 Å². The summed E-state index contributed by atoms with van der Waals surface area (Å²) in [6.07, 6.45) is 1.75. The molecule has 0 saturated carbocycles. The van der Waals surface area contributed by atoms with Crippen LogP contribution in [-0.4, -0.2) is 63.8 Å². The summed E-state index contributed by atoms with van der Waals surface area (Å²) in [5, 5.41) is 11.8. The monoisotopic (exact) mass is 263 g/mol. The van der Waals surface area contributed by atoms with Crippen LogP contribution in [0.2, 0.25) is 0 Å². The highest BCUT2D eigenvalue weighted by molar-refractivity contribution is 5.73. The van der Waals surface area contributed by atoms with Crippen molar-refractivity contribution in [2.45, 2.75) is 25.8 Å². The molecule has 0 bridgehead atoms. The van der Waals surface area contributed by atoms with E-state index in [0.717, 1.165) is 12.8 Å². The number of ether oxygens (including phenoxy) is 3. The molecule has 1 atom stereocenters. The molecule has 0 aromatic heterocycles. The van der Waals surface area contributed by atoms with Gasteiger partial charge in [0.2, 0.25) is 0 Å².